The van der Waals surface area contributed by atoms with E-state index in [0.29, 0.717) is 17.7 Å². The predicted octanol–water partition coefficient (Wildman–Crippen LogP) is 2.61. The zero-order chi connectivity index (χ0) is 15.9. The van der Waals surface area contributed by atoms with Gasteiger partial charge in [0.05, 0.1) is 32.5 Å². The molecule has 0 saturated carbocycles. The summed E-state index contributed by atoms with van der Waals surface area (Å²) in [5.74, 6) is 0.341. The normalized spacial score (nSPS) is 10.1. The molecule has 0 aliphatic rings. The predicted molar refractivity (Wildman–Crippen MR) is 77.0 cm³/mol. The van der Waals surface area contributed by atoms with E-state index in [1.807, 2.05) is 0 Å². The van der Waals surface area contributed by atoms with Gasteiger partial charge in [-0.25, -0.2) is 4.79 Å². The van der Waals surface area contributed by atoms with Crippen LogP contribution >= 0.6 is 0 Å². The third kappa shape index (κ3) is 3.88. The smallest absolute Gasteiger partial charge is 0.337 e. The van der Waals surface area contributed by atoms with Crippen molar-refractivity contribution in [1.82, 2.24) is 0 Å². The van der Waals surface area contributed by atoms with Crippen LogP contribution in [0.25, 0.3) is 0 Å². The molecule has 1 aromatic carbocycles. The molecule has 0 atom stereocenters. The molecule has 2 aromatic rings. The highest BCUT2D eigenvalue weighted by Gasteiger charge is 2.14. The number of hydrogen-bond acceptors (Lipinski definition) is 6. The maximum atomic E-state index is 11.8. The van der Waals surface area contributed by atoms with Gasteiger partial charge in [-0.3, -0.25) is 4.79 Å². The molecule has 0 bridgehead atoms. The lowest BCUT2D eigenvalue weighted by Crippen LogP contribution is -2.10. The molecule has 0 unspecified atom stereocenters. The molecule has 6 nitrogen and oxygen atoms in total. The van der Waals surface area contributed by atoms with E-state index in [1.54, 1.807) is 18.4 Å². The summed E-state index contributed by atoms with van der Waals surface area (Å²) in [6, 6.07) is 8.01. The molecule has 0 N–H and O–H groups in total. The molecule has 0 amide bonds. The fourth-order valence-electron chi connectivity index (χ4n) is 1.85. The Balaban J connectivity index is 2.02. The van der Waals surface area contributed by atoms with Crippen LogP contribution in [0.2, 0.25) is 0 Å². The zero-order valence-electron chi connectivity index (χ0n) is 12.3. The highest BCUT2D eigenvalue weighted by atomic mass is 16.6. The number of benzene rings is 1. The van der Waals surface area contributed by atoms with Gasteiger partial charge in [0.1, 0.15) is 5.76 Å². The van der Waals surface area contributed by atoms with E-state index >= 15 is 0 Å². The van der Waals surface area contributed by atoms with Crippen molar-refractivity contribution in [3.8, 4) is 11.5 Å². The number of esters is 2. The van der Waals surface area contributed by atoms with Gasteiger partial charge in [0, 0.05) is 6.42 Å². The fourth-order valence-corrected chi connectivity index (χ4v) is 1.85. The maximum absolute atomic E-state index is 11.8. The molecule has 0 radical (unpaired) electrons. The molecular formula is C16H16O6. The third-order valence-corrected chi connectivity index (χ3v) is 2.96. The second-order valence-corrected chi connectivity index (χ2v) is 4.41. The molecule has 22 heavy (non-hydrogen) atoms. The summed E-state index contributed by atoms with van der Waals surface area (Å²) in [6.07, 6.45) is 2.18. The monoisotopic (exact) mass is 304 g/mol. The molecule has 1 aromatic heterocycles. The van der Waals surface area contributed by atoms with E-state index in [1.165, 1.54) is 32.4 Å². The second kappa shape index (κ2) is 7.31. The number of rotatable bonds is 6. The lowest BCUT2D eigenvalue weighted by Gasteiger charge is -2.10. The number of hydrogen-bond donors (Lipinski definition) is 0. The molecular weight excluding hydrogens is 288 g/mol. The lowest BCUT2D eigenvalue weighted by atomic mass is 10.2. The first-order valence-electron chi connectivity index (χ1n) is 6.63. The Labute approximate surface area is 127 Å². The van der Waals surface area contributed by atoms with Crippen LogP contribution in [0.15, 0.2) is 41.0 Å². The second-order valence-electron chi connectivity index (χ2n) is 4.41. The number of methoxy groups -OCH3 is 2. The Kier molecular flexibility index (Phi) is 5.19. The van der Waals surface area contributed by atoms with Crippen LogP contribution in [0.1, 0.15) is 22.5 Å². The average molecular weight is 304 g/mol. The van der Waals surface area contributed by atoms with Gasteiger partial charge >= 0.3 is 11.9 Å². The Morgan fingerprint density at radius 1 is 1.14 bits per heavy atom. The number of carbonyl (C=O) groups excluding carboxylic acids is 2. The van der Waals surface area contributed by atoms with Crippen LogP contribution < -0.4 is 9.47 Å². The van der Waals surface area contributed by atoms with Gasteiger partial charge in [-0.15, -0.1) is 0 Å². The van der Waals surface area contributed by atoms with Crippen LogP contribution in [-0.4, -0.2) is 26.2 Å². The summed E-state index contributed by atoms with van der Waals surface area (Å²) in [4.78, 5) is 23.3. The van der Waals surface area contributed by atoms with Crippen molar-refractivity contribution in [3.05, 3.63) is 47.9 Å². The van der Waals surface area contributed by atoms with Crippen molar-refractivity contribution in [1.29, 1.82) is 0 Å². The minimum Gasteiger partial charge on any atom is -0.493 e. The molecule has 6 heteroatoms. The lowest BCUT2D eigenvalue weighted by molar-refractivity contribution is -0.134. The summed E-state index contributed by atoms with van der Waals surface area (Å²) in [7, 11) is 2.72. The molecule has 0 spiro atoms. The first kappa shape index (κ1) is 15.6. The summed E-state index contributed by atoms with van der Waals surface area (Å²) >= 11 is 0. The molecule has 0 aliphatic heterocycles. The zero-order valence-corrected chi connectivity index (χ0v) is 12.3. The fraction of sp³-hybridized carbons (Fsp3) is 0.250. The van der Waals surface area contributed by atoms with Crippen LogP contribution in [0.3, 0.4) is 0 Å². The van der Waals surface area contributed by atoms with Crippen LogP contribution in [-0.2, 0) is 16.0 Å². The Hall–Kier alpha value is -2.76. The van der Waals surface area contributed by atoms with Gasteiger partial charge in [0.2, 0.25) is 0 Å². The number of ether oxygens (including phenoxy) is 3. The van der Waals surface area contributed by atoms with Gasteiger partial charge in [-0.1, -0.05) is 0 Å². The number of furan rings is 1. The topological polar surface area (TPSA) is 75.0 Å². The van der Waals surface area contributed by atoms with E-state index in [0.717, 1.165) is 0 Å². The maximum Gasteiger partial charge on any atom is 0.337 e. The van der Waals surface area contributed by atoms with Gasteiger partial charge in [0.15, 0.2) is 11.5 Å². The summed E-state index contributed by atoms with van der Waals surface area (Å²) in [6.45, 7) is 0. The first-order chi connectivity index (χ1) is 10.6. The van der Waals surface area contributed by atoms with Crippen LogP contribution in [0.4, 0.5) is 0 Å². The van der Waals surface area contributed by atoms with Crippen molar-refractivity contribution in [2.45, 2.75) is 12.8 Å². The SMILES string of the molecule is COC(=O)c1ccc(OC(=O)CCc2ccco2)c(OC)c1. The first-order valence-corrected chi connectivity index (χ1v) is 6.63. The molecule has 116 valence electrons. The molecule has 2 rings (SSSR count). The Morgan fingerprint density at radius 2 is 1.95 bits per heavy atom. The molecule has 1 heterocycles. The minimum atomic E-state index is -0.492. The summed E-state index contributed by atoms with van der Waals surface area (Å²) < 4.78 is 20.1. The molecule has 0 saturated heterocycles. The quantitative estimate of drug-likeness (QED) is 0.603. The van der Waals surface area contributed by atoms with Gasteiger partial charge in [-0.2, -0.15) is 0 Å². The Bertz CT molecular complexity index is 645. The largest absolute Gasteiger partial charge is 0.493 e. The van der Waals surface area contributed by atoms with Gasteiger partial charge in [0.25, 0.3) is 0 Å². The van der Waals surface area contributed by atoms with E-state index in [4.69, 9.17) is 13.9 Å². The molecule has 0 fully saturated rings. The van der Waals surface area contributed by atoms with E-state index in [-0.39, 0.29) is 17.9 Å². The average Bonchev–Trinajstić information content (AvgIpc) is 3.06. The summed E-state index contributed by atoms with van der Waals surface area (Å²) in [5, 5.41) is 0. The van der Waals surface area contributed by atoms with Crippen molar-refractivity contribution >= 4 is 11.9 Å². The molecule has 0 aliphatic carbocycles. The van der Waals surface area contributed by atoms with Gasteiger partial charge < -0.3 is 18.6 Å². The summed E-state index contributed by atoms with van der Waals surface area (Å²) in [5.41, 5.74) is 0.315. The highest BCUT2D eigenvalue weighted by Crippen LogP contribution is 2.28. The standard InChI is InChI=1S/C16H16O6/c1-19-14-10-11(16(18)20-2)5-7-13(14)22-15(17)8-6-12-4-3-9-21-12/h3-5,7,9-10H,6,8H2,1-2H3. The van der Waals surface area contributed by atoms with Crippen molar-refractivity contribution in [3.63, 3.8) is 0 Å². The van der Waals surface area contributed by atoms with Crippen LogP contribution in [0, 0.1) is 0 Å². The van der Waals surface area contributed by atoms with Crippen molar-refractivity contribution in [2.24, 2.45) is 0 Å². The van der Waals surface area contributed by atoms with Crippen molar-refractivity contribution < 1.29 is 28.2 Å². The van der Waals surface area contributed by atoms with Gasteiger partial charge in [-0.05, 0) is 30.3 Å². The van der Waals surface area contributed by atoms with Crippen molar-refractivity contribution in [2.75, 3.05) is 14.2 Å². The van der Waals surface area contributed by atoms with E-state index < -0.39 is 11.9 Å². The van der Waals surface area contributed by atoms with Crippen LogP contribution in [0.5, 0.6) is 11.5 Å². The van der Waals surface area contributed by atoms with E-state index in [9.17, 15) is 9.59 Å². The Morgan fingerprint density at radius 3 is 2.59 bits per heavy atom. The highest BCUT2D eigenvalue weighted by molar-refractivity contribution is 5.90. The third-order valence-electron chi connectivity index (χ3n) is 2.96. The number of carbonyl (C=O) groups is 2. The number of aryl methyl sites for hydroxylation is 1. The minimum absolute atomic E-state index is 0.176. The van der Waals surface area contributed by atoms with E-state index in [2.05, 4.69) is 4.74 Å².